The summed E-state index contributed by atoms with van der Waals surface area (Å²) in [6.07, 6.45) is 13.2. The molecular formula is C29H29ClFN7. The van der Waals surface area contributed by atoms with Crippen molar-refractivity contribution >= 4 is 34.5 Å². The summed E-state index contributed by atoms with van der Waals surface area (Å²) < 4.78 is 16.7. The van der Waals surface area contributed by atoms with Crippen molar-refractivity contribution in [3.63, 3.8) is 0 Å². The van der Waals surface area contributed by atoms with Gasteiger partial charge in [0.25, 0.3) is 0 Å². The molecule has 2 aliphatic rings. The number of hydrogen-bond donors (Lipinski definition) is 1. The number of nitrogens with zero attached hydrogens (tertiary/aromatic N) is 6. The summed E-state index contributed by atoms with van der Waals surface area (Å²) >= 11 is 6.17. The number of amidine groups is 1. The second kappa shape index (κ2) is 11.2. The average Bonchev–Trinajstić information content (AvgIpc) is 3.61. The quantitative estimate of drug-likeness (QED) is 0.420. The Kier molecular flexibility index (Phi) is 7.62. The Hall–Kier alpha value is -3.88. The molecule has 7 nitrogen and oxygen atoms in total. The number of likely N-dealkylation sites (tertiary alicyclic amines) is 1. The van der Waals surface area contributed by atoms with E-state index in [1.807, 2.05) is 23.9 Å². The van der Waals surface area contributed by atoms with Gasteiger partial charge >= 0.3 is 0 Å². The number of allylic oxidation sites excluding steroid dienone is 2. The first-order valence-electron chi connectivity index (χ1n) is 12.6. The molecule has 0 bridgehead atoms. The lowest BCUT2D eigenvalue weighted by Crippen LogP contribution is -2.24. The van der Waals surface area contributed by atoms with Crippen LogP contribution in [0.5, 0.6) is 0 Å². The number of halogens is 2. The van der Waals surface area contributed by atoms with Gasteiger partial charge in [0, 0.05) is 58.0 Å². The average molecular weight is 530 g/mol. The van der Waals surface area contributed by atoms with Crippen molar-refractivity contribution in [2.24, 2.45) is 9.98 Å². The number of nitrogens with two attached hydrogens (primary N) is 1. The highest BCUT2D eigenvalue weighted by molar-refractivity contribution is 6.32. The third kappa shape index (κ3) is 5.51. The molecule has 1 saturated heterocycles. The molecule has 5 rings (SSSR count). The second-order valence-corrected chi connectivity index (χ2v) is 9.73. The van der Waals surface area contributed by atoms with Gasteiger partial charge in [0.05, 0.1) is 18.5 Å². The van der Waals surface area contributed by atoms with Gasteiger partial charge in [-0.05, 0) is 68.8 Å². The van der Waals surface area contributed by atoms with Gasteiger partial charge in [0.1, 0.15) is 11.6 Å². The van der Waals surface area contributed by atoms with Gasteiger partial charge in [-0.3, -0.25) is 4.68 Å². The highest BCUT2D eigenvalue weighted by Gasteiger charge is 2.22. The van der Waals surface area contributed by atoms with Gasteiger partial charge in [0.15, 0.2) is 5.84 Å². The summed E-state index contributed by atoms with van der Waals surface area (Å²) in [7, 11) is 0. The maximum Gasteiger partial charge on any atom is 0.159 e. The largest absolute Gasteiger partial charge is 0.383 e. The zero-order valence-electron chi connectivity index (χ0n) is 21.2. The van der Waals surface area contributed by atoms with Crippen molar-refractivity contribution in [2.45, 2.75) is 26.3 Å². The Bertz CT molecular complexity index is 1490. The molecule has 1 aromatic carbocycles. The fraction of sp³-hybridized carbons (Fsp3) is 0.241. The molecule has 0 saturated carbocycles. The van der Waals surface area contributed by atoms with Crippen LogP contribution >= 0.6 is 11.6 Å². The molecule has 0 atom stereocenters. The number of pyridine rings is 1. The van der Waals surface area contributed by atoms with Crippen molar-refractivity contribution in [1.82, 2.24) is 19.7 Å². The number of rotatable bonds is 7. The van der Waals surface area contributed by atoms with Crippen LogP contribution in [0.15, 0.2) is 83.3 Å². The van der Waals surface area contributed by atoms with Crippen LogP contribution in [0, 0.1) is 5.82 Å². The van der Waals surface area contributed by atoms with Gasteiger partial charge in [-0.25, -0.2) is 19.4 Å². The Morgan fingerprint density at radius 2 is 1.95 bits per heavy atom. The van der Waals surface area contributed by atoms with E-state index in [-0.39, 0.29) is 5.56 Å². The lowest BCUT2D eigenvalue weighted by Gasteiger charge is -2.19. The number of aromatic nitrogens is 3. The van der Waals surface area contributed by atoms with E-state index in [9.17, 15) is 4.39 Å². The standard InChI is InChI=1S/C29H29ClFN7/c1-3-8-33-29-19(2)23(15-27(36-29)25-14-22(30)6-7-26(25)31)20-13-24(28(32)34-16-20)21-17-35-38(18-21)12-11-37-9-4-5-10-37/h3,6-8,13-18H,2,4-5,9-12H2,1H3,(H2,32,34)/b8-3-,33-29?. The van der Waals surface area contributed by atoms with Crippen LogP contribution < -0.4 is 5.73 Å². The third-order valence-corrected chi connectivity index (χ3v) is 6.91. The summed E-state index contributed by atoms with van der Waals surface area (Å²) in [6, 6.07) is 6.33. The van der Waals surface area contributed by atoms with Crippen LogP contribution in [0.4, 0.5) is 10.2 Å². The third-order valence-electron chi connectivity index (χ3n) is 6.67. The number of anilines is 1. The van der Waals surface area contributed by atoms with E-state index in [0.29, 0.717) is 33.5 Å². The Morgan fingerprint density at radius 1 is 1.13 bits per heavy atom. The highest BCUT2D eigenvalue weighted by atomic mass is 35.5. The maximum atomic E-state index is 14.8. The lowest BCUT2D eigenvalue weighted by atomic mass is 9.92. The van der Waals surface area contributed by atoms with Crippen molar-refractivity contribution < 1.29 is 4.39 Å². The van der Waals surface area contributed by atoms with E-state index >= 15 is 0 Å². The van der Waals surface area contributed by atoms with E-state index in [4.69, 9.17) is 17.3 Å². The number of aliphatic imine (C=N–C) groups is 2. The molecule has 194 valence electrons. The molecule has 2 aromatic heterocycles. The van der Waals surface area contributed by atoms with Crippen molar-refractivity contribution in [3.8, 4) is 11.1 Å². The summed E-state index contributed by atoms with van der Waals surface area (Å²) in [6.45, 7) is 10.2. The van der Waals surface area contributed by atoms with E-state index < -0.39 is 5.82 Å². The summed E-state index contributed by atoms with van der Waals surface area (Å²) in [5.74, 6) is 0.342. The molecule has 0 radical (unpaired) electrons. The molecule has 2 aliphatic heterocycles. The predicted molar refractivity (Wildman–Crippen MR) is 153 cm³/mol. The minimum Gasteiger partial charge on any atom is -0.383 e. The molecule has 2 N–H and O–H groups in total. The first-order valence-corrected chi connectivity index (χ1v) is 13.0. The van der Waals surface area contributed by atoms with Gasteiger partial charge in [-0.15, -0.1) is 0 Å². The predicted octanol–water partition coefficient (Wildman–Crippen LogP) is 5.79. The molecule has 9 heteroatoms. The molecular weight excluding hydrogens is 501 g/mol. The van der Waals surface area contributed by atoms with E-state index in [1.54, 1.807) is 36.8 Å². The molecule has 0 unspecified atom stereocenters. The zero-order valence-corrected chi connectivity index (χ0v) is 22.0. The van der Waals surface area contributed by atoms with E-state index in [1.165, 1.54) is 25.0 Å². The Morgan fingerprint density at radius 3 is 2.74 bits per heavy atom. The number of dihydropyridines is 1. The summed E-state index contributed by atoms with van der Waals surface area (Å²) in [5, 5.41) is 4.95. The number of hydrogen-bond acceptors (Lipinski definition) is 5. The van der Waals surface area contributed by atoms with Crippen LogP contribution in [-0.2, 0) is 6.54 Å². The number of benzene rings is 1. The molecule has 0 spiro atoms. The smallest absolute Gasteiger partial charge is 0.159 e. The van der Waals surface area contributed by atoms with Gasteiger partial charge in [0.2, 0.25) is 0 Å². The summed E-state index contributed by atoms with van der Waals surface area (Å²) in [5.41, 5.74) is 10.7. The second-order valence-electron chi connectivity index (χ2n) is 9.29. The van der Waals surface area contributed by atoms with Crippen LogP contribution in [0.1, 0.15) is 30.9 Å². The van der Waals surface area contributed by atoms with Crippen LogP contribution in [0.25, 0.3) is 16.7 Å². The zero-order chi connectivity index (χ0) is 26.6. The fourth-order valence-electron chi connectivity index (χ4n) is 4.63. The topological polar surface area (TPSA) is 84.7 Å². The molecule has 1 fully saturated rings. The molecule has 3 aromatic rings. The SMILES string of the molecule is C=C1C(c2cnc(N)c(-c3cnn(CCN4CCCC4)c3)c2)=CC(c2cc(Cl)ccc2F)=NC1=N/C=C\C. The molecule has 0 amide bonds. The first kappa shape index (κ1) is 25.8. The summed E-state index contributed by atoms with van der Waals surface area (Å²) in [4.78, 5) is 15.9. The van der Waals surface area contributed by atoms with Crippen LogP contribution in [0.2, 0.25) is 5.02 Å². The van der Waals surface area contributed by atoms with Crippen molar-refractivity contribution in [3.05, 3.63) is 95.3 Å². The highest BCUT2D eigenvalue weighted by Crippen LogP contribution is 2.33. The number of nitrogen functional groups attached to an aromatic ring is 1. The first-order chi connectivity index (χ1) is 18.4. The Balaban J connectivity index is 1.50. The normalized spacial score (nSPS) is 17.4. The lowest BCUT2D eigenvalue weighted by molar-refractivity contribution is 0.316. The minimum atomic E-state index is -0.431. The molecule has 38 heavy (non-hydrogen) atoms. The fourth-order valence-corrected chi connectivity index (χ4v) is 4.80. The minimum absolute atomic E-state index is 0.276. The van der Waals surface area contributed by atoms with Crippen molar-refractivity contribution in [1.29, 1.82) is 0 Å². The van der Waals surface area contributed by atoms with E-state index in [0.717, 1.165) is 42.9 Å². The van der Waals surface area contributed by atoms with Gasteiger partial charge in [-0.1, -0.05) is 24.3 Å². The monoisotopic (exact) mass is 529 g/mol. The van der Waals surface area contributed by atoms with Crippen LogP contribution in [0.3, 0.4) is 0 Å². The molecule has 0 aliphatic carbocycles. The van der Waals surface area contributed by atoms with Gasteiger partial charge in [-0.2, -0.15) is 5.10 Å². The maximum absolute atomic E-state index is 14.8. The molecule has 4 heterocycles. The van der Waals surface area contributed by atoms with E-state index in [2.05, 4.69) is 31.5 Å². The van der Waals surface area contributed by atoms with Gasteiger partial charge < -0.3 is 10.6 Å². The van der Waals surface area contributed by atoms with Crippen LogP contribution in [-0.4, -0.2) is 50.8 Å². The Labute approximate surface area is 226 Å². The van der Waals surface area contributed by atoms with Crippen molar-refractivity contribution in [2.75, 3.05) is 25.4 Å².